The second kappa shape index (κ2) is 4.08. The van der Waals surface area contributed by atoms with Gasteiger partial charge in [0.25, 0.3) is 0 Å². The molecule has 15 heavy (non-hydrogen) atoms. The van der Waals surface area contributed by atoms with Crippen molar-refractivity contribution in [1.29, 1.82) is 0 Å². The molecule has 0 aliphatic carbocycles. The summed E-state index contributed by atoms with van der Waals surface area (Å²) in [5.74, 6) is -0.0518. The summed E-state index contributed by atoms with van der Waals surface area (Å²) in [5.41, 5.74) is 7.12. The fourth-order valence-corrected chi connectivity index (χ4v) is 1.91. The van der Waals surface area contributed by atoms with E-state index in [1.807, 2.05) is 17.0 Å². The number of hydrogen-bond donors (Lipinski definition) is 2. The molecule has 0 unspecified atom stereocenters. The topological polar surface area (TPSA) is 58.4 Å². The maximum Gasteiger partial charge on any atom is 0.243 e. The first kappa shape index (κ1) is 10.3. The Hall–Kier alpha value is -1.26. The van der Waals surface area contributed by atoms with Crippen LogP contribution in [0.4, 0.5) is 11.4 Å². The predicted octanol–water partition coefficient (Wildman–Crippen LogP) is 1.06. The lowest BCUT2D eigenvalue weighted by atomic mass is 10.2. The van der Waals surface area contributed by atoms with Crippen molar-refractivity contribution in [1.82, 2.24) is 0 Å². The first-order valence-corrected chi connectivity index (χ1v) is 5.13. The van der Waals surface area contributed by atoms with E-state index in [1.165, 1.54) is 0 Å². The van der Waals surface area contributed by atoms with Crippen LogP contribution in [0.1, 0.15) is 0 Å². The molecule has 4 nitrogen and oxygen atoms in total. The molecule has 1 aromatic rings. The van der Waals surface area contributed by atoms with Gasteiger partial charge in [-0.15, -0.1) is 0 Å². The van der Waals surface area contributed by atoms with Gasteiger partial charge in [-0.1, -0.05) is 17.7 Å². The van der Waals surface area contributed by atoms with Crippen LogP contribution < -0.4 is 16.0 Å². The molecule has 1 aliphatic rings. The number of carbonyl (C=O) groups excluding carboxylic acids is 1. The highest BCUT2D eigenvalue weighted by Crippen LogP contribution is 2.35. The summed E-state index contributed by atoms with van der Waals surface area (Å²) in [6.07, 6.45) is 0. The van der Waals surface area contributed by atoms with E-state index in [4.69, 9.17) is 17.3 Å². The molecule has 0 fully saturated rings. The van der Waals surface area contributed by atoms with Crippen molar-refractivity contribution in [3.63, 3.8) is 0 Å². The highest BCUT2D eigenvalue weighted by Gasteiger charge is 2.22. The fraction of sp³-hybridized carbons (Fsp3) is 0.300. The second-order valence-electron chi connectivity index (χ2n) is 3.39. The van der Waals surface area contributed by atoms with Gasteiger partial charge in [0.15, 0.2) is 0 Å². The normalized spacial score (nSPS) is 14.8. The van der Waals surface area contributed by atoms with Gasteiger partial charge in [-0.05, 0) is 12.1 Å². The van der Waals surface area contributed by atoms with Gasteiger partial charge in [0.1, 0.15) is 0 Å². The molecule has 0 aromatic heterocycles. The van der Waals surface area contributed by atoms with Crippen LogP contribution in [0, 0.1) is 0 Å². The van der Waals surface area contributed by atoms with Crippen molar-refractivity contribution in [3.8, 4) is 0 Å². The lowest BCUT2D eigenvalue weighted by Gasteiger charge is -2.30. The van der Waals surface area contributed by atoms with Crippen molar-refractivity contribution in [2.24, 2.45) is 5.73 Å². The molecule has 0 bridgehead atoms. The molecular formula is C10H12ClN3O. The van der Waals surface area contributed by atoms with Crippen LogP contribution in [0.15, 0.2) is 18.2 Å². The van der Waals surface area contributed by atoms with Gasteiger partial charge in [0, 0.05) is 13.1 Å². The molecule has 0 saturated carbocycles. The van der Waals surface area contributed by atoms with Gasteiger partial charge in [-0.3, -0.25) is 4.79 Å². The number of carbonyl (C=O) groups is 1. The van der Waals surface area contributed by atoms with Crippen LogP contribution in [0.25, 0.3) is 0 Å². The second-order valence-corrected chi connectivity index (χ2v) is 3.80. The van der Waals surface area contributed by atoms with Crippen molar-refractivity contribution >= 4 is 28.9 Å². The molecule has 80 valence electrons. The summed E-state index contributed by atoms with van der Waals surface area (Å²) in [4.78, 5) is 13.3. The summed E-state index contributed by atoms with van der Waals surface area (Å²) in [6, 6.07) is 5.55. The summed E-state index contributed by atoms with van der Waals surface area (Å²) >= 11 is 6.00. The molecule has 1 amide bonds. The number of nitrogens with two attached hydrogens (primary N) is 1. The number of benzene rings is 1. The molecule has 1 aromatic carbocycles. The molecule has 0 radical (unpaired) electrons. The third kappa shape index (κ3) is 1.91. The van der Waals surface area contributed by atoms with Gasteiger partial charge >= 0.3 is 0 Å². The van der Waals surface area contributed by atoms with E-state index < -0.39 is 0 Å². The monoisotopic (exact) mass is 225 g/mol. The fourth-order valence-electron chi connectivity index (χ4n) is 1.69. The van der Waals surface area contributed by atoms with Crippen molar-refractivity contribution in [3.05, 3.63) is 23.2 Å². The Morgan fingerprint density at radius 3 is 3.07 bits per heavy atom. The number of fused-ring (bicyclic) bond motifs is 1. The maximum atomic E-state index is 11.4. The molecule has 0 atom stereocenters. The standard InChI is InChI=1S/C10H12ClN3O/c11-7-2-1-3-8-10(7)13-9(15)6-14(8)5-4-12/h1-3H,4-6,12H2,(H,13,15). The predicted molar refractivity (Wildman–Crippen MR) is 61.3 cm³/mol. The molecule has 1 aliphatic heterocycles. The lowest BCUT2D eigenvalue weighted by Crippen LogP contribution is -2.40. The third-order valence-electron chi connectivity index (χ3n) is 2.33. The largest absolute Gasteiger partial charge is 0.359 e. The van der Waals surface area contributed by atoms with E-state index in [0.717, 1.165) is 5.69 Å². The number of para-hydroxylation sites is 1. The minimum absolute atomic E-state index is 0.0518. The number of hydrogen-bond acceptors (Lipinski definition) is 3. The smallest absolute Gasteiger partial charge is 0.243 e. The Balaban J connectivity index is 2.41. The Labute approximate surface area is 93.0 Å². The quantitative estimate of drug-likeness (QED) is 0.791. The van der Waals surface area contributed by atoms with E-state index in [0.29, 0.717) is 30.3 Å². The minimum atomic E-state index is -0.0518. The SMILES string of the molecule is NCCN1CC(=O)Nc2c(Cl)cccc21. The van der Waals surface area contributed by atoms with Crippen LogP contribution in [-0.4, -0.2) is 25.5 Å². The van der Waals surface area contributed by atoms with Crippen LogP contribution >= 0.6 is 11.6 Å². The van der Waals surface area contributed by atoms with Gasteiger partial charge in [-0.25, -0.2) is 0 Å². The summed E-state index contributed by atoms with van der Waals surface area (Å²) in [7, 11) is 0. The average Bonchev–Trinajstić information content (AvgIpc) is 2.20. The average molecular weight is 226 g/mol. The van der Waals surface area contributed by atoms with E-state index >= 15 is 0 Å². The number of amides is 1. The van der Waals surface area contributed by atoms with Crippen LogP contribution in [-0.2, 0) is 4.79 Å². The minimum Gasteiger partial charge on any atom is -0.359 e. The van der Waals surface area contributed by atoms with E-state index in [1.54, 1.807) is 6.07 Å². The van der Waals surface area contributed by atoms with Gasteiger partial charge in [0.05, 0.1) is 22.9 Å². The van der Waals surface area contributed by atoms with Gasteiger partial charge < -0.3 is 16.0 Å². The summed E-state index contributed by atoms with van der Waals surface area (Å²) in [5, 5.41) is 3.32. The van der Waals surface area contributed by atoms with Crippen molar-refractivity contribution in [2.75, 3.05) is 29.9 Å². The number of nitrogens with zero attached hydrogens (tertiary/aromatic N) is 1. The summed E-state index contributed by atoms with van der Waals surface area (Å²) in [6.45, 7) is 1.50. The molecular weight excluding hydrogens is 214 g/mol. The van der Waals surface area contributed by atoms with E-state index in [9.17, 15) is 4.79 Å². The lowest BCUT2D eigenvalue weighted by molar-refractivity contribution is -0.115. The van der Waals surface area contributed by atoms with Gasteiger partial charge in [-0.2, -0.15) is 0 Å². The van der Waals surface area contributed by atoms with Crippen LogP contribution in [0.2, 0.25) is 5.02 Å². The van der Waals surface area contributed by atoms with Crippen molar-refractivity contribution in [2.45, 2.75) is 0 Å². The number of rotatable bonds is 2. The highest BCUT2D eigenvalue weighted by atomic mass is 35.5. The Morgan fingerprint density at radius 1 is 1.53 bits per heavy atom. The Bertz CT molecular complexity index is 394. The highest BCUT2D eigenvalue weighted by molar-refractivity contribution is 6.34. The zero-order valence-electron chi connectivity index (χ0n) is 8.16. The van der Waals surface area contributed by atoms with E-state index in [2.05, 4.69) is 5.32 Å². The Kier molecular flexibility index (Phi) is 2.79. The zero-order valence-corrected chi connectivity index (χ0v) is 8.92. The molecule has 3 N–H and O–H groups in total. The molecule has 2 rings (SSSR count). The maximum absolute atomic E-state index is 11.4. The first-order valence-electron chi connectivity index (χ1n) is 4.75. The first-order chi connectivity index (χ1) is 7.22. The van der Waals surface area contributed by atoms with Crippen LogP contribution in [0.3, 0.4) is 0 Å². The number of nitrogens with one attached hydrogen (secondary N) is 1. The van der Waals surface area contributed by atoms with Gasteiger partial charge in [0.2, 0.25) is 5.91 Å². The number of anilines is 2. The number of halogens is 1. The molecule has 0 spiro atoms. The molecule has 0 saturated heterocycles. The summed E-state index contributed by atoms with van der Waals surface area (Å²) < 4.78 is 0. The molecule has 1 heterocycles. The van der Waals surface area contributed by atoms with Crippen molar-refractivity contribution < 1.29 is 4.79 Å². The van der Waals surface area contributed by atoms with Crippen LogP contribution in [0.5, 0.6) is 0 Å². The molecule has 5 heteroatoms. The Morgan fingerprint density at radius 2 is 2.33 bits per heavy atom. The third-order valence-corrected chi connectivity index (χ3v) is 2.65. The zero-order chi connectivity index (χ0) is 10.8. The van der Waals surface area contributed by atoms with E-state index in [-0.39, 0.29) is 5.91 Å².